The number of benzene rings is 1. The average molecular weight is 355 g/mol. The molecule has 0 amide bonds. The number of rotatable bonds is 7. The summed E-state index contributed by atoms with van der Waals surface area (Å²) in [6, 6.07) is 5.40. The fourth-order valence-corrected chi connectivity index (χ4v) is 4.06. The van der Waals surface area contributed by atoms with E-state index in [4.69, 9.17) is 0 Å². The molecular weight excluding hydrogens is 332 g/mol. The average Bonchev–Trinajstić information content (AvgIpc) is 2.95. The van der Waals surface area contributed by atoms with E-state index in [0.717, 1.165) is 17.0 Å². The van der Waals surface area contributed by atoms with Crippen molar-refractivity contribution in [1.82, 2.24) is 14.1 Å². The second-order valence-corrected chi connectivity index (χ2v) is 8.19. The molecule has 0 saturated heterocycles. The van der Waals surface area contributed by atoms with Gasteiger partial charge in [-0.15, -0.1) is 0 Å². The van der Waals surface area contributed by atoms with Crippen molar-refractivity contribution in [3.05, 3.63) is 35.2 Å². The first-order valence-corrected chi connectivity index (χ1v) is 9.69. The number of sulfonamides is 1. The molecule has 0 bridgehead atoms. The summed E-state index contributed by atoms with van der Waals surface area (Å²) in [6.07, 6.45) is 0. The number of nitrogens with zero attached hydrogens (tertiary/aromatic N) is 2. The summed E-state index contributed by atoms with van der Waals surface area (Å²) in [7, 11) is -3.50. The van der Waals surface area contributed by atoms with E-state index in [9.17, 15) is 8.42 Å². The SMILES string of the molecule is Cc1ccc(C)c(S(=O)(=O)NCCNc2nc(C(C)C)ns2)c1. The maximum atomic E-state index is 12.3. The third-order valence-corrected chi connectivity index (χ3v) is 5.57. The fourth-order valence-electron chi connectivity index (χ4n) is 1.97. The molecule has 8 heteroatoms. The van der Waals surface area contributed by atoms with Crippen molar-refractivity contribution in [2.24, 2.45) is 0 Å². The second kappa shape index (κ2) is 7.37. The van der Waals surface area contributed by atoms with Gasteiger partial charge >= 0.3 is 0 Å². The third-order valence-electron chi connectivity index (χ3n) is 3.28. The van der Waals surface area contributed by atoms with Gasteiger partial charge in [0.1, 0.15) is 5.82 Å². The third kappa shape index (κ3) is 4.73. The number of anilines is 1. The summed E-state index contributed by atoms with van der Waals surface area (Å²) in [6.45, 7) is 8.47. The Hall–Kier alpha value is -1.51. The van der Waals surface area contributed by atoms with E-state index < -0.39 is 10.0 Å². The summed E-state index contributed by atoms with van der Waals surface area (Å²) < 4.78 is 31.5. The molecule has 1 heterocycles. The van der Waals surface area contributed by atoms with Gasteiger partial charge in [-0.3, -0.25) is 0 Å². The Kier molecular flexibility index (Phi) is 5.72. The molecular formula is C15H22N4O2S2. The molecule has 0 aliphatic rings. The monoisotopic (exact) mass is 354 g/mol. The molecule has 0 saturated carbocycles. The van der Waals surface area contributed by atoms with Crippen LogP contribution in [-0.2, 0) is 10.0 Å². The van der Waals surface area contributed by atoms with E-state index in [1.807, 2.05) is 32.9 Å². The van der Waals surface area contributed by atoms with Gasteiger partial charge in [-0.05, 0) is 31.0 Å². The molecule has 0 unspecified atom stereocenters. The van der Waals surface area contributed by atoms with Crippen molar-refractivity contribution in [1.29, 1.82) is 0 Å². The molecule has 2 N–H and O–H groups in total. The summed E-state index contributed by atoms with van der Waals surface area (Å²) in [5.74, 6) is 1.08. The van der Waals surface area contributed by atoms with Crippen molar-refractivity contribution in [2.75, 3.05) is 18.4 Å². The van der Waals surface area contributed by atoms with Crippen LogP contribution in [0.2, 0.25) is 0 Å². The number of nitrogens with one attached hydrogen (secondary N) is 2. The smallest absolute Gasteiger partial charge is 0.240 e. The Morgan fingerprint density at radius 3 is 2.61 bits per heavy atom. The van der Waals surface area contributed by atoms with Crippen LogP contribution in [0, 0.1) is 13.8 Å². The van der Waals surface area contributed by atoms with E-state index >= 15 is 0 Å². The molecule has 2 rings (SSSR count). The van der Waals surface area contributed by atoms with Gasteiger partial charge in [0, 0.05) is 30.5 Å². The van der Waals surface area contributed by atoms with Crippen molar-refractivity contribution in [3.63, 3.8) is 0 Å². The molecule has 126 valence electrons. The minimum atomic E-state index is -3.50. The van der Waals surface area contributed by atoms with Crippen LogP contribution in [0.25, 0.3) is 0 Å². The van der Waals surface area contributed by atoms with E-state index in [2.05, 4.69) is 19.4 Å². The lowest BCUT2D eigenvalue weighted by atomic mass is 10.2. The Bertz CT molecular complexity index is 770. The highest BCUT2D eigenvalue weighted by Crippen LogP contribution is 2.18. The van der Waals surface area contributed by atoms with Crippen molar-refractivity contribution in [2.45, 2.75) is 38.5 Å². The molecule has 0 aliphatic carbocycles. The van der Waals surface area contributed by atoms with Gasteiger partial charge < -0.3 is 5.32 Å². The number of aromatic nitrogens is 2. The highest BCUT2D eigenvalue weighted by atomic mass is 32.2. The zero-order valence-electron chi connectivity index (χ0n) is 13.8. The van der Waals surface area contributed by atoms with Crippen molar-refractivity contribution < 1.29 is 8.42 Å². The van der Waals surface area contributed by atoms with Crippen LogP contribution in [0.5, 0.6) is 0 Å². The lowest BCUT2D eigenvalue weighted by Gasteiger charge is -2.10. The van der Waals surface area contributed by atoms with E-state index in [0.29, 0.717) is 16.6 Å². The first-order chi connectivity index (χ1) is 10.8. The van der Waals surface area contributed by atoms with E-state index in [-0.39, 0.29) is 12.5 Å². The lowest BCUT2D eigenvalue weighted by molar-refractivity contribution is 0.582. The molecule has 1 aromatic heterocycles. The van der Waals surface area contributed by atoms with Gasteiger partial charge in [0.15, 0.2) is 0 Å². The zero-order valence-corrected chi connectivity index (χ0v) is 15.4. The van der Waals surface area contributed by atoms with E-state index in [1.165, 1.54) is 11.5 Å². The fraction of sp³-hybridized carbons (Fsp3) is 0.467. The minimum absolute atomic E-state index is 0.282. The van der Waals surface area contributed by atoms with Gasteiger partial charge in [-0.1, -0.05) is 26.0 Å². The Morgan fingerprint density at radius 1 is 1.22 bits per heavy atom. The molecule has 6 nitrogen and oxygen atoms in total. The molecule has 0 fully saturated rings. The first-order valence-electron chi connectivity index (χ1n) is 7.44. The Morgan fingerprint density at radius 2 is 1.96 bits per heavy atom. The molecule has 23 heavy (non-hydrogen) atoms. The predicted octanol–water partition coefficient (Wildman–Crippen LogP) is 2.67. The maximum Gasteiger partial charge on any atom is 0.240 e. The zero-order chi connectivity index (χ0) is 17.0. The van der Waals surface area contributed by atoms with Gasteiger partial charge in [-0.25, -0.2) is 18.1 Å². The van der Waals surface area contributed by atoms with Gasteiger partial charge in [0.25, 0.3) is 0 Å². The Balaban J connectivity index is 1.91. The molecule has 2 aromatic rings. The normalized spacial score (nSPS) is 11.9. The van der Waals surface area contributed by atoms with Crippen LogP contribution in [0.3, 0.4) is 0 Å². The Labute approximate surface area is 141 Å². The van der Waals surface area contributed by atoms with E-state index in [1.54, 1.807) is 13.0 Å². The summed E-state index contributed by atoms with van der Waals surface area (Å²) in [4.78, 5) is 4.68. The summed E-state index contributed by atoms with van der Waals surface area (Å²) in [5, 5.41) is 3.80. The maximum absolute atomic E-state index is 12.3. The largest absolute Gasteiger partial charge is 0.359 e. The number of aryl methyl sites for hydroxylation is 2. The lowest BCUT2D eigenvalue weighted by Crippen LogP contribution is -2.29. The first kappa shape index (κ1) is 17.8. The van der Waals surface area contributed by atoms with Gasteiger partial charge in [0.2, 0.25) is 15.2 Å². The highest BCUT2D eigenvalue weighted by molar-refractivity contribution is 7.89. The summed E-state index contributed by atoms with van der Waals surface area (Å²) in [5.41, 5.74) is 1.66. The predicted molar refractivity (Wildman–Crippen MR) is 93.6 cm³/mol. The van der Waals surface area contributed by atoms with Crippen LogP contribution < -0.4 is 10.0 Å². The standard InChI is InChI=1S/C15H22N4O2S2/c1-10(2)14-18-15(22-19-14)16-7-8-17-23(20,21)13-9-11(3)5-6-12(13)4/h5-6,9-10,17H,7-8H2,1-4H3,(H,16,18,19). The van der Waals surface area contributed by atoms with Crippen molar-refractivity contribution in [3.8, 4) is 0 Å². The topological polar surface area (TPSA) is 84.0 Å². The van der Waals surface area contributed by atoms with Crippen LogP contribution in [-0.4, -0.2) is 30.9 Å². The minimum Gasteiger partial charge on any atom is -0.359 e. The van der Waals surface area contributed by atoms with Gasteiger partial charge in [0.05, 0.1) is 4.90 Å². The van der Waals surface area contributed by atoms with Crippen LogP contribution in [0.4, 0.5) is 5.13 Å². The molecule has 0 spiro atoms. The molecule has 0 radical (unpaired) electrons. The van der Waals surface area contributed by atoms with Crippen LogP contribution in [0.1, 0.15) is 36.7 Å². The molecule has 0 aliphatic heterocycles. The molecule has 0 atom stereocenters. The second-order valence-electron chi connectivity index (χ2n) is 5.71. The van der Waals surface area contributed by atoms with Crippen LogP contribution in [0.15, 0.2) is 23.1 Å². The number of hydrogen-bond acceptors (Lipinski definition) is 6. The number of hydrogen-bond donors (Lipinski definition) is 2. The summed E-state index contributed by atoms with van der Waals surface area (Å²) >= 11 is 1.29. The molecule has 1 aromatic carbocycles. The van der Waals surface area contributed by atoms with Gasteiger partial charge in [-0.2, -0.15) is 4.37 Å². The van der Waals surface area contributed by atoms with Crippen LogP contribution >= 0.6 is 11.5 Å². The highest BCUT2D eigenvalue weighted by Gasteiger charge is 2.16. The van der Waals surface area contributed by atoms with Crippen molar-refractivity contribution >= 4 is 26.7 Å². The quantitative estimate of drug-likeness (QED) is 0.747.